The summed E-state index contributed by atoms with van der Waals surface area (Å²) in [6.45, 7) is 4.98. The first-order valence-electron chi connectivity index (χ1n) is 4.99. The van der Waals surface area contributed by atoms with Crippen LogP contribution >= 0.6 is 12.2 Å². The molecule has 0 fully saturated rings. The van der Waals surface area contributed by atoms with Crippen LogP contribution in [-0.4, -0.2) is 16.6 Å². The van der Waals surface area contributed by atoms with Gasteiger partial charge < -0.3 is 10.5 Å². The van der Waals surface area contributed by atoms with E-state index < -0.39 is 0 Å². The average Bonchev–Trinajstić information content (AvgIpc) is 2.17. The van der Waals surface area contributed by atoms with Crippen LogP contribution in [0.1, 0.15) is 26.0 Å². The highest BCUT2D eigenvalue weighted by molar-refractivity contribution is 7.80. The first kappa shape index (κ1) is 11.9. The Morgan fingerprint density at radius 3 is 2.87 bits per heavy atom. The maximum absolute atomic E-state index is 5.48. The van der Waals surface area contributed by atoms with Crippen molar-refractivity contribution in [3.05, 3.63) is 23.9 Å². The molecule has 0 aliphatic carbocycles. The molecule has 82 valence electrons. The molecular weight excluding hydrogens is 208 g/mol. The highest BCUT2D eigenvalue weighted by Gasteiger charge is 2.01. The van der Waals surface area contributed by atoms with E-state index in [0.29, 0.717) is 29.1 Å². The smallest absolute Gasteiger partial charge is 0.213 e. The summed E-state index contributed by atoms with van der Waals surface area (Å²) >= 11 is 4.84. The van der Waals surface area contributed by atoms with Crippen LogP contribution < -0.4 is 10.5 Å². The van der Waals surface area contributed by atoms with Crippen LogP contribution in [-0.2, 0) is 0 Å². The third kappa shape index (κ3) is 4.25. The van der Waals surface area contributed by atoms with Gasteiger partial charge in [-0.3, -0.25) is 0 Å². The standard InChI is InChI=1S/C11H16N2OS/c1-8(2)6-7-14-10-5-3-4-9(13-10)11(12)15/h3-5,8H,6-7H2,1-2H3,(H2,12,15). The van der Waals surface area contributed by atoms with Gasteiger partial charge in [0.1, 0.15) is 10.7 Å². The zero-order chi connectivity index (χ0) is 11.3. The van der Waals surface area contributed by atoms with Crippen LogP contribution in [0.2, 0.25) is 0 Å². The highest BCUT2D eigenvalue weighted by Crippen LogP contribution is 2.09. The number of hydrogen-bond acceptors (Lipinski definition) is 3. The average molecular weight is 224 g/mol. The maximum atomic E-state index is 5.48. The van der Waals surface area contributed by atoms with E-state index in [1.807, 2.05) is 12.1 Å². The summed E-state index contributed by atoms with van der Waals surface area (Å²) in [4.78, 5) is 4.48. The van der Waals surface area contributed by atoms with Crippen molar-refractivity contribution in [1.82, 2.24) is 4.98 Å². The molecule has 0 atom stereocenters. The maximum Gasteiger partial charge on any atom is 0.213 e. The van der Waals surface area contributed by atoms with Gasteiger partial charge in [0, 0.05) is 6.07 Å². The first-order chi connectivity index (χ1) is 7.09. The number of pyridine rings is 1. The minimum atomic E-state index is 0.296. The van der Waals surface area contributed by atoms with Gasteiger partial charge in [-0.25, -0.2) is 4.98 Å². The number of rotatable bonds is 5. The van der Waals surface area contributed by atoms with Gasteiger partial charge in [0.2, 0.25) is 5.88 Å². The molecule has 0 radical (unpaired) electrons. The van der Waals surface area contributed by atoms with Crippen molar-refractivity contribution in [3.63, 3.8) is 0 Å². The number of thiocarbonyl (C=S) groups is 1. The molecule has 0 saturated carbocycles. The van der Waals surface area contributed by atoms with Crippen molar-refractivity contribution in [2.45, 2.75) is 20.3 Å². The van der Waals surface area contributed by atoms with Crippen LogP contribution in [0.4, 0.5) is 0 Å². The largest absolute Gasteiger partial charge is 0.478 e. The van der Waals surface area contributed by atoms with Gasteiger partial charge in [-0.15, -0.1) is 0 Å². The Bertz CT molecular complexity index is 339. The highest BCUT2D eigenvalue weighted by atomic mass is 32.1. The Morgan fingerprint density at radius 2 is 2.27 bits per heavy atom. The molecular formula is C11H16N2OS. The number of ether oxygens (including phenoxy) is 1. The van der Waals surface area contributed by atoms with E-state index in [2.05, 4.69) is 18.8 Å². The molecule has 1 aromatic heterocycles. The quantitative estimate of drug-likeness (QED) is 0.778. The predicted molar refractivity (Wildman–Crippen MR) is 65.1 cm³/mol. The Labute approximate surface area is 95.7 Å². The van der Waals surface area contributed by atoms with Gasteiger partial charge >= 0.3 is 0 Å². The fourth-order valence-electron chi connectivity index (χ4n) is 1.03. The molecule has 0 saturated heterocycles. The van der Waals surface area contributed by atoms with E-state index in [9.17, 15) is 0 Å². The molecule has 15 heavy (non-hydrogen) atoms. The zero-order valence-electron chi connectivity index (χ0n) is 9.06. The normalized spacial score (nSPS) is 10.3. The van der Waals surface area contributed by atoms with Crippen molar-refractivity contribution >= 4 is 17.2 Å². The van der Waals surface area contributed by atoms with Gasteiger partial charge in [0.05, 0.1) is 6.61 Å². The Morgan fingerprint density at radius 1 is 1.53 bits per heavy atom. The molecule has 0 aliphatic heterocycles. The molecule has 0 amide bonds. The third-order valence-corrected chi connectivity index (χ3v) is 2.13. The number of nitrogens with two attached hydrogens (primary N) is 1. The molecule has 1 heterocycles. The summed E-state index contributed by atoms with van der Waals surface area (Å²) in [5, 5.41) is 0. The first-order valence-corrected chi connectivity index (χ1v) is 5.40. The lowest BCUT2D eigenvalue weighted by molar-refractivity contribution is 0.279. The molecule has 1 aromatic rings. The summed E-state index contributed by atoms with van der Waals surface area (Å²) in [7, 11) is 0. The third-order valence-electron chi connectivity index (χ3n) is 1.92. The van der Waals surface area contributed by atoms with Crippen LogP contribution in [0, 0.1) is 5.92 Å². The summed E-state index contributed by atoms with van der Waals surface area (Å²) in [6, 6.07) is 5.42. The number of aromatic nitrogens is 1. The van der Waals surface area contributed by atoms with Gasteiger partial charge in [0.15, 0.2) is 0 Å². The summed E-state index contributed by atoms with van der Waals surface area (Å²) in [5.41, 5.74) is 6.08. The second-order valence-corrected chi connectivity index (χ2v) is 4.20. The van der Waals surface area contributed by atoms with E-state index in [4.69, 9.17) is 22.7 Å². The van der Waals surface area contributed by atoms with E-state index in [1.165, 1.54) is 0 Å². The molecule has 4 heteroatoms. The van der Waals surface area contributed by atoms with Gasteiger partial charge in [0.25, 0.3) is 0 Å². The van der Waals surface area contributed by atoms with E-state index in [1.54, 1.807) is 6.07 Å². The molecule has 0 spiro atoms. The van der Waals surface area contributed by atoms with Crippen molar-refractivity contribution in [2.75, 3.05) is 6.61 Å². The van der Waals surface area contributed by atoms with Crippen molar-refractivity contribution < 1.29 is 4.74 Å². The van der Waals surface area contributed by atoms with E-state index in [-0.39, 0.29) is 0 Å². The lowest BCUT2D eigenvalue weighted by atomic mass is 10.1. The Balaban J connectivity index is 2.54. The van der Waals surface area contributed by atoms with Crippen LogP contribution in [0.5, 0.6) is 5.88 Å². The Kier molecular flexibility index (Phi) is 4.49. The molecule has 0 aromatic carbocycles. The number of nitrogens with zero attached hydrogens (tertiary/aromatic N) is 1. The van der Waals surface area contributed by atoms with Crippen molar-refractivity contribution in [3.8, 4) is 5.88 Å². The molecule has 3 nitrogen and oxygen atoms in total. The monoisotopic (exact) mass is 224 g/mol. The van der Waals surface area contributed by atoms with Crippen LogP contribution in [0.3, 0.4) is 0 Å². The fraction of sp³-hybridized carbons (Fsp3) is 0.455. The minimum Gasteiger partial charge on any atom is -0.478 e. The van der Waals surface area contributed by atoms with Crippen LogP contribution in [0.15, 0.2) is 18.2 Å². The lowest BCUT2D eigenvalue weighted by Crippen LogP contribution is -2.12. The summed E-state index contributed by atoms with van der Waals surface area (Å²) in [6.07, 6.45) is 1.01. The topological polar surface area (TPSA) is 48.1 Å². The number of hydrogen-bond donors (Lipinski definition) is 1. The Hall–Kier alpha value is -1.16. The minimum absolute atomic E-state index is 0.296. The fourth-order valence-corrected chi connectivity index (χ4v) is 1.15. The molecule has 0 aliphatic rings. The second-order valence-electron chi connectivity index (χ2n) is 3.76. The van der Waals surface area contributed by atoms with E-state index >= 15 is 0 Å². The lowest BCUT2D eigenvalue weighted by Gasteiger charge is -2.07. The molecule has 0 unspecified atom stereocenters. The molecule has 1 rings (SSSR count). The van der Waals surface area contributed by atoms with Crippen molar-refractivity contribution in [1.29, 1.82) is 0 Å². The van der Waals surface area contributed by atoms with Gasteiger partial charge in [-0.2, -0.15) is 0 Å². The summed E-state index contributed by atoms with van der Waals surface area (Å²) in [5.74, 6) is 1.21. The van der Waals surface area contributed by atoms with Gasteiger partial charge in [-0.1, -0.05) is 32.1 Å². The second kappa shape index (κ2) is 5.66. The summed E-state index contributed by atoms with van der Waals surface area (Å²) < 4.78 is 5.48. The van der Waals surface area contributed by atoms with Crippen LogP contribution in [0.25, 0.3) is 0 Å². The van der Waals surface area contributed by atoms with Crippen molar-refractivity contribution in [2.24, 2.45) is 11.7 Å². The SMILES string of the molecule is CC(C)CCOc1cccc(C(N)=S)n1. The molecule has 2 N–H and O–H groups in total. The predicted octanol–water partition coefficient (Wildman–Crippen LogP) is 2.14. The zero-order valence-corrected chi connectivity index (χ0v) is 9.88. The van der Waals surface area contributed by atoms with E-state index in [0.717, 1.165) is 6.42 Å². The van der Waals surface area contributed by atoms with Gasteiger partial charge in [-0.05, 0) is 18.4 Å². The molecule has 0 bridgehead atoms.